The van der Waals surface area contributed by atoms with Crippen LogP contribution in [0.25, 0.3) is 10.9 Å². The number of aryl methyl sites for hydroxylation is 1. The maximum Gasteiger partial charge on any atom is 0.414 e. The number of rotatable bonds is 15. The minimum Gasteiger partial charge on any atom is -0.459 e. The van der Waals surface area contributed by atoms with Gasteiger partial charge in [0.25, 0.3) is 0 Å². The van der Waals surface area contributed by atoms with Crippen LogP contribution in [0.4, 0.5) is 10.5 Å². The topological polar surface area (TPSA) is 253 Å². The molecule has 0 bridgehead atoms. The summed E-state index contributed by atoms with van der Waals surface area (Å²) in [6.07, 6.45) is -4.00. The van der Waals surface area contributed by atoms with E-state index in [9.17, 15) is 35.1 Å². The summed E-state index contributed by atoms with van der Waals surface area (Å²) in [6, 6.07) is 8.50. The molecule has 0 saturated carbocycles. The Bertz CT molecular complexity index is 2410. The predicted octanol–water partition coefficient (Wildman–Crippen LogP) is 4.46. The zero-order valence-electron chi connectivity index (χ0n) is 47.6. The van der Waals surface area contributed by atoms with Gasteiger partial charge in [-0.1, -0.05) is 32.1 Å². The first kappa shape index (κ1) is 60.7. The van der Waals surface area contributed by atoms with Gasteiger partial charge in [-0.15, -0.1) is 5.10 Å². The van der Waals surface area contributed by atoms with Crippen molar-refractivity contribution < 1.29 is 68.3 Å². The molecule has 1 unspecified atom stereocenters. The number of aliphatic hydroxyl groups excluding tert-OH is 3. The molecule has 0 spiro atoms. The van der Waals surface area contributed by atoms with Crippen LogP contribution in [0.5, 0.6) is 0 Å². The van der Waals surface area contributed by atoms with Crippen LogP contribution >= 0.6 is 0 Å². The van der Waals surface area contributed by atoms with Crippen LogP contribution in [-0.2, 0) is 50.9 Å². The molecule has 4 saturated heterocycles. The SMILES string of the molecule is CC[C@H]1OC(=O)[C@H](C)[C@@H](O[C@H]2C[C@@](C)(OC)[C@@H](O)[C@H](C)O2)[C@H](C)[C@@H](O[C@@H]2O[C@H](C)C[C@H](N(C)CCCCc3cn(CC4CN(c5cccc6ncccc56)C(=O)O4)nn3)[C@H]2O)[C@](C)(O)C[C@@H](C)CN(C)[C@H](C)[C@@H](O)[C@]1(C)O. The van der Waals surface area contributed by atoms with Crippen molar-refractivity contribution >= 4 is 28.7 Å². The van der Waals surface area contributed by atoms with Crippen molar-refractivity contribution in [1.82, 2.24) is 29.8 Å². The van der Waals surface area contributed by atoms with Crippen LogP contribution in [0.2, 0.25) is 0 Å². The average molecular weight is 1080 g/mol. The highest BCUT2D eigenvalue weighted by Crippen LogP contribution is 2.41. The molecular weight excluding hydrogens is 995 g/mol. The molecule has 3 aromatic rings. The van der Waals surface area contributed by atoms with Gasteiger partial charge in [0.15, 0.2) is 12.6 Å². The molecule has 432 valence electrons. The Labute approximate surface area is 454 Å². The number of hydrogen-bond acceptors (Lipinski definition) is 19. The number of ether oxygens (including phenoxy) is 7. The van der Waals surface area contributed by atoms with Crippen molar-refractivity contribution in [3.05, 3.63) is 48.4 Å². The maximum atomic E-state index is 14.5. The van der Waals surface area contributed by atoms with Crippen LogP contribution in [0.3, 0.4) is 0 Å². The number of pyridine rings is 1. The van der Waals surface area contributed by atoms with Gasteiger partial charge < -0.3 is 68.5 Å². The van der Waals surface area contributed by atoms with Gasteiger partial charge in [0.1, 0.15) is 36.1 Å². The number of benzene rings is 1. The van der Waals surface area contributed by atoms with Crippen molar-refractivity contribution in [2.24, 2.45) is 17.8 Å². The maximum absolute atomic E-state index is 14.5. The number of hydrogen-bond donors (Lipinski definition) is 5. The summed E-state index contributed by atoms with van der Waals surface area (Å²) in [5.74, 6) is -2.79. The average Bonchev–Trinajstić information content (AvgIpc) is 4.01. The second-order valence-electron chi connectivity index (χ2n) is 23.5. The van der Waals surface area contributed by atoms with Gasteiger partial charge in [-0.25, -0.2) is 9.48 Å². The molecule has 21 heteroatoms. The molecule has 1 aromatic carbocycles. The first-order valence-corrected chi connectivity index (χ1v) is 27.8. The quantitative estimate of drug-likeness (QED) is 0.104. The fraction of sp³-hybridized carbons (Fsp3) is 0.768. The summed E-state index contributed by atoms with van der Waals surface area (Å²) in [5.41, 5.74) is -2.18. The number of carbonyl (C=O) groups is 2. The molecule has 77 heavy (non-hydrogen) atoms. The molecule has 0 aliphatic carbocycles. The zero-order chi connectivity index (χ0) is 56.3. The minimum absolute atomic E-state index is 0.0992. The van der Waals surface area contributed by atoms with Crippen LogP contribution < -0.4 is 4.90 Å². The van der Waals surface area contributed by atoms with Gasteiger partial charge in [-0.3, -0.25) is 14.7 Å². The molecule has 5 N–H and O–H groups in total. The molecule has 0 radical (unpaired) electrons. The van der Waals surface area contributed by atoms with E-state index in [0.29, 0.717) is 39.0 Å². The summed E-state index contributed by atoms with van der Waals surface area (Å²) < 4.78 is 45.8. The first-order valence-electron chi connectivity index (χ1n) is 27.8. The number of anilines is 1. The van der Waals surface area contributed by atoms with Crippen LogP contribution in [0.15, 0.2) is 42.7 Å². The lowest BCUT2D eigenvalue weighted by Crippen LogP contribution is -2.60. The molecule has 7 rings (SSSR count). The van der Waals surface area contributed by atoms with E-state index < -0.39 is 108 Å². The summed E-state index contributed by atoms with van der Waals surface area (Å²) >= 11 is 0. The Balaban J connectivity index is 1.05. The van der Waals surface area contributed by atoms with E-state index in [2.05, 4.69) is 20.2 Å². The molecule has 4 fully saturated rings. The molecular formula is C56H89N7O14. The highest BCUT2D eigenvalue weighted by molar-refractivity contribution is 6.01. The number of aliphatic hydroxyl groups is 5. The molecule has 4 aliphatic rings. The summed E-state index contributed by atoms with van der Waals surface area (Å²) in [6.45, 7) is 19.4. The van der Waals surface area contributed by atoms with E-state index in [-0.39, 0.29) is 37.3 Å². The second-order valence-corrected chi connectivity index (χ2v) is 23.5. The number of cyclic esters (lactones) is 2. The Kier molecular flexibility index (Phi) is 19.9. The van der Waals surface area contributed by atoms with E-state index in [4.69, 9.17) is 33.2 Å². The van der Waals surface area contributed by atoms with Crippen molar-refractivity contribution in [2.45, 2.75) is 217 Å². The summed E-state index contributed by atoms with van der Waals surface area (Å²) in [4.78, 5) is 37.6. The molecule has 2 aromatic heterocycles. The number of fused-ring (bicyclic) bond motifs is 1. The Morgan fingerprint density at radius 1 is 0.909 bits per heavy atom. The Hall–Kier alpha value is -3.97. The van der Waals surface area contributed by atoms with E-state index in [1.807, 2.05) is 76.3 Å². The van der Waals surface area contributed by atoms with E-state index >= 15 is 0 Å². The second kappa shape index (κ2) is 25.2. The third kappa shape index (κ3) is 13.8. The molecule has 19 atom stereocenters. The number of methoxy groups -OCH3 is 1. The Morgan fingerprint density at radius 2 is 1.65 bits per heavy atom. The number of esters is 1. The molecule has 4 aliphatic heterocycles. The van der Waals surface area contributed by atoms with Gasteiger partial charge in [0.05, 0.1) is 71.5 Å². The molecule has 6 heterocycles. The first-order chi connectivity index (χ1) is 36.3. The van der Waals surface area contributed by atoms with Gasteiger partial charge in [0, 0.05) is 55.9 Å². The third-order valence-electron chi connectivity index (χ3n) is 17.1. The number of aromatic nitrogens is 4. The van der Waals surface area contributed by atoms with Gasteiger partial charge in [-0.2, -0.15) is 0 Å². The summed E-state index contributed by atoms with van der Waals surface area (Å²) in [7, 11) is 5.31. The van der Waals surface area contributed by atoms with Gasteiger partial charge >= 0.3 is 12.1 Å². The van der Waals surface area contributed by atoms with Crippen molar-refractivity contribution in [1.29, 1.82) is 0 Å². The van der Waals surface area contributed by atoms with E-state index in [1.165, 1.54) is 14.0 Å². The largest absolute Gasteiger partial charge is 0.459 e. The lowest BCUT2D eigenvalue weighted by molar-refractivity contribution is -0.318. The Morgan fingerprint density at radius 3 is 2.36 bits per heavy atom. The van der Waals surface area contributed by atoms with Crippen LogP contribution in [0, 0.1) is 17.8 Å². The number of amides is 1. The fourth-order valence-corrected chi connectivity index (χ4v) is 12.4. The normalized spacial score (nSPS) is 39.3. The van der Waals surface area contributed by atoms with Crippen molar-refractivity contribution in [3.8, 4) is 0 Å². The predicted molar refractivity (Wildman–Crippen MR) is 285 cm³/mol. The standard InChI is InChI=1S/C56H89N7O14/c1-14-44-56(10,70)48(65)36(6)61(12)28-32(2)26-54(8,69)50(34(4)47(35(5)51(67)75-44)76-45-27-55(9,71-13)49(66)37(7)73-45)77-52-46(64)43(25-33(3)72-52)60(11)24-16-15-19-38-29-62(59-58-38)30-39-31-63(53(68)74-39)42-22-17-21-41-40(42)20-18-23-57-41/h17-18,20-23,29,32-37,39,43-50,52,64-66,69-70H,14-16,19,24-28,30-31H2,1-13H3/t32-,33-,34+,35-,36-,37+,39?,43+,44-,45+,46-,47+,48-,49+,50-,52+,54-,55-,56-/m1/s1. The molecule has 21 nitrogen and oxygen atoms in total. The van der Waals surface area contributed by atoms with E-state index in [0.717, 1.165) is 35.1 Å². The molecule has 1 amide bonds. The van der Waals surface area contributed by atoms with Crippen molar-refractivity contribution in [2.75, 3.05) is 45.7 Å². The lowest BCUT2D eigenvalue weighted by atomic mass is 9.77. The highest BCUT2D eigenvalue weighted by Gasteiger charge is 2.53. The minimum atomic E-state index is -1.84. The summed E-state index contributed by atoms with van der Waals surface area (Å²) in [5, 5.41) is 69.4. The van der Waals surface area contributed by atoms with Crippen LogP contribution in [-0.4, -0.2) is 205 Å². The lowest BCUT2D eigenvalue weighted by Gasteiger charge is -2.49. The van der Waals surface area contributed by atoms with E-state index in [1.54, 1.807) is 57.3 Å². The van der Waals surface area contributed by atoms with Gasteiger partial charge in [0.2, 0.25) is 0 Å². The number of likely N-dealkylation sites (N-methyl/N-ethyl adjacent to an activating group) is 2. The smallest absolute Gasteiger partial charge is 0.414 e. The third-order valence-corrected chi connectivity index (χ3v) is 17.1. The number of nitrogens with zero attached hydrogens (tertiary/aromatic N) is 7. The van der Waals surface area contributed by atoms with Crippen molar-refractivity contribution in [3.63, 3.8) is 0 Å². The number of carbonyl (C=O) groups excluding carboxylic acids is 2. The van der Waals surface area contributed by atoms with Crippen LogP contribution in [0.1, 0.15) is 113 Å². The zero-order valence-corrected chi connectivity index (χ0v) is 47.6. The van der Waals surface area contributed by atoms with Gasteiger partial charge in [-0.05, 0) is 138 Å². The fourth-order valence-electron chi connectivity index (χ4n) is 12.4. The monoisotopic (exact) mass is 1080 g/mol. The number of unbranched alkanes of at least 4 members (excludes halogenated alkanes) is 1. The highest BCUT2D eigenvalue weighted by atomic mass is 16.7.